The van der Waals surface area contributed by atoms with Gasteiger partial charge < -0.3 is 4.90 Å². The number of nitrogens with zero attached hydrogens (tertiary/aromatic N) is 5. The van der Waals surface area contributed by atoms with Gasteiger partial charge in [0.15, 0.2) is 4.96 Å². The SMILES string of the molecule is Cc1ccccc1-n1nc(-c2c(C)nc3scc(CC(=O)N(CCc4ccccc4)Cc4ccccc4)n3c2=O)cc1C. The first-order chi connectivity index (χ1) is 20.9. The molecule has 6 rings (SSSR count). The van der Waals surface area contributed by atoms with Gasteiger partial charge in [0.25, 0.3) is 5.56 Å². The standard InChI is InChI=1S/C35H33N5O2S/c1-24-12-10-11-17-31(24)40-25(2)20-30(37-40)33-26(3)36-35-39(34(33)42)29(23-43-35)21-32(41)38(22-28-15-8-5-9-16-28)19-18-27-13-6-4-7-14-27/h4-17,20,23H,18-19,21-22H2,1-3H3. The number of aryl methyl sites for hydroxylation is 3. The average molecular weight is 588 g/mol. The molecule has 3 aromatic carbocycles. The lowest BCUT2D eigenvalue weighted by Gasteiger charge is -2.23. The number of fused-ring (bicyclic) bond motifs is 1. The first-order valence-electron chi connectivity index (χ1n) is 14.4. The number of para-hydroxylation sites is 1. The highest BCUT2D eigenvalue weighted by molar-refractivity contribution is 7.15. The molecule has 3 aromatic heterocycles. The third-order valence-corrected chi connectivity index (χ3v) is 8.60. The Hall–Kier alpha value is -4.82. The van der Waals surface area contributed by atoms with E-state index in [1.165, 1.54) is 16.9 Å². The molecule has 0 aliphatic carbocycles. The molecule has 7 nitrogen and oxygen atoms in total. The molecular weight excluding hydrogens is 554 g/mol. The molecule has 0 spiro atoms. The zero-order chi connectivity index (χ0) is 29.9. The van der Waals surface area contributed by atoms with E-state index >= 15 is 0 Å². The number of hydrogen-bond donors (Lipinski definition) is 0. The number of carbonyl (C=O) groups is 1. The van der Waals surface area contributed by atoms with E-state index in [1.807, 2.05) is 115 Å². The molecule has 8 heteroatoms. The Kier molecular flexibility index (Phi) is 8.03. The van der Waals surface area contributed by atoms with Crippen molar-refractivity contribution in [3.8, 4) is 16.9 Å². The van der Waals surface area contributed by atoms with Crippen LogP contribution in [0.4, 0.5) is 0 Å². The van der Waals surface area contributed by atoms with Crippen molar-refractivity contribution in [1.82, 2.24) is 24.1 Å². The van der Waals surface area contributed by atoms with E-state index < -0.39 is 0 Å². The summed E-state index contributed by atoms with van der Waals surface area (Å²) >= 11 is 1.38. The van der Waals surface area contributed by atoms with E-state index in [0.717, 1.165) is 28.9 Å². The second-order valence-corrected chi connectivity index (χ2v) is 11.6. The molecule has 0 unspecified atom stereocenters. The maximum absolute atomic E-state index is 14.1. The van der Waals surface area contributed by atoms with Gasteiger partial charge in [-0.15, -0.1) is 11.3 Å². The highest BCUT2D eigenvalue weighted by Crippen LogP contribution is 2.25. The number of rotatable bonds is 9. The van der Waals surface area contributed by atoms with Crippen LogP contribution < -0.4 is 5.56 Å². The lowest BCUT2D eigenvalue weighted by Crippen LogP contribution is -2.34. The molecule has 0 aliphatic rings. The van der Waals surface area contributed by atoms with Crippen molar-refractivity contribution in [3.63, 3.8) is 0 Å². The number of hydrogen-bond acceptors (Lipinski definition) is 5. The van der Waals surface area contributed by atoms with Crippen LogP contribution >= 0.6 is 11.3 Å². The monoisotopic (exact) mass is 587 g/mol. The van der Waals surface area contributed by atoms with Gasteiger partial charge >= 0.3 is 0 Å². The van der Waals surface area contributed by atoms with Crippen LogP contribution in [0.15, 0.2) is 101 Å². The smallest absolute Gasteiger partial charge is 0.268 e. The zero-order valence-electron chi connectivity index (χ0n) is 24.5. The Labute approximate surface area is 254 Å². The largest absolute Gasteiger partial charge is 0.338 e. The molecule has 0 bridgehead atoms. The van der Waals surface area contributed by atoms with Crippen molar-refractivity contribution in [2.45, 2.75) is 40.2 Å². The van der Waals surface area contributed by atoms with Gasteiger partial charge in [0.2, 0.25) is 5.91 Å². The number of aromatic nitrogens is 4. The first-order valence-corrected chi connectivity index (χ1v) is 15.3. The van der Waals surface area contributed by atoms with Crippen molar-refractivity contribution in [2.75, 3.05) is 6.54 Å². The summed E-state index contributed by atoms with van der Waals surface area (Å²) in [5, 5.41) is 6.71. The molecule has 0 aliphatic heterocycles. The lowest BCUT2D eigenvalue weighted by atomic mass is 10.1. The molecule has 216 valence electrons. The summed E-state index contributed by atoms with van der Waals surface area (Å²) in [5.41, 5.74) is 7.29. The van der Waals surface area contributed by atoms with E-state index in [4.69, 9.17) is 10.1 Å². The topological polar surface area (TPSA) is 72.5 Å². The maximum atomic E-state index is 14.1. The van der Waals surface area contributed by atoms with Gasteiger partial charge in [-0.3, -0.25) is 14.0 Å². The molecule has 0 radical (unpaired) electrons. The summed E-state index contributed by atoms with van der Waals surface area (Å²) in [7, 11) is 0. The second-order valence-electron chi connectivity index (χ2n) is 10.8. The number of benzene rings is 3. The molecule has 0 N–H and O–H groups in total. The minimum Gasteiger partial charge on any atom is -0.338 e. The predicted molar refractivity (Wildman–Crippen MR) is 172 cm³/mol. The van der Waals surface area contributed by atoms with Crippen LogP contribution in [0.3, 0.4) is 0 Å². The van der Waals surface area contributed by atoms with Gasteiger partial charge in [-0.2, -0.15) is 5.10 Å². The number of amides is 1. The summed E-state index contributed by atoms with van der Waals surface area (Å²) in [6, 6.07) is 30.1. The van der Waals surface area contributed by atoms with Crippen molar-refractivity contribution >= 4 is 22.2 Å². The zero-order valence-corrected chi connectivity index (χ0v) is 25.3. The van der Waals surface area contributed by atoms with Crippen LogP contribution in [0.2, 0.25) is 0 Å². The quantitative estimate of drug-likeness (QED) is 0.198. The van der Waals surface area contributed by atoms with Crippen molar-refractivity contribution in [1.29, 1.82) is 0 Å². The van der Waals surface area contributed by atoms with Gasteiger partial charge in [0, 0.05) is 29.9 Å². The van der Waals surface area contributed by atoms with Crippen LogP contribution in [0.5, 0.6) is 0 Å². The van der Waals surface area contributed by atoms with Gasteiger partial charge in [-0.25, -0.2) is 9.67 Å². The fraction of sp³-hybridized carbons (Fsp3) is 0.200. The molecule has 0 saturated heterocycles. The number of carbonyl (C=O) groups excluding carboxylic acids is 1. The third-order valence-electron chi connectivity index (χ3n) is 7.72. The van der Waals surface area contributed by atoms with E-state index in [-0.39, 0.29) is 17.9 Å². The predicted octanol–water partition coefficient (Wildman–Crippen LogP) is 6.35. The summed E-state index contributed by atoms with van der Waals surface area (Å²) in [4.78, 5) is 35.1. The minimum absolute atomic E-state index is 0.0341. The van der Waals surface area contributed by atoms with Crippen molar-refractivity contribution < 1.29 is 4.79 Å². The molecule has 1 amide bonds. The highest BCUT2D eigenvalue weighted by Gasteiger charge is 2.22. The van der Waals surface area contributed by atoms with Crippen LogP contribution in [-0.4, -0.2) is 36.5 Å². The molecular formula is C35H33N5O2S. The Bertz CT molecular complexity index is 1960. The Morgan fingerprint density at radius 3 is 2.28 bits per heavy atom. The molecule has 43 heavy (non-hydrogen) atoms. The summed E-state index contributed by atoms with van der Waals surface area (Å²) in [6.45, 7) is 6.94. The Balaban J connectivity index is 1.33. The lowest BCUT2D eigenvalue weighted by molar-refractivity contribution is -0.131. The fourth-order valence-corrected chi connectivity index (χ4v) is 6.36. The van der Waals surface area contributed by atoms with E-state index in [9.17, 15) is 9.59 Å². The minimum atomic E-state index is -0.208. The maximum Gasteiger partial charge on any atom is 0.268 e. The van der Waals surface area contributed by atoms with Crippen molar-refractivity contribution in [3.05, 3.63) is 141 Å². The van der Waals surface area contributed by atoms with Crippen LogP contribution in [0.25, 0.3) is 21.9 Å². The Morgan fingerprint density at radius 2 is 1.56 bits per heavy atom. The summed E-state index contributed by atoms with van der Waals surface area (Å²) < 4.78 is 3.45. The van der Waals surface area contributed by atoms with Crippen LogP contribution in [0, 0.1) is 20.8 Å². The Morgan fingerprint density at radius 1 is 0.884 bits per heavy atom. The normalized spacial score (nSPS) is 11.2. The van der Waals surface area contributed by atoms with Crippen LogP contribution in [0.1, 0.15) is 33.8 Å². The van der Waals surface area contributed by atoms with Crippen LogP contribution in [-0.2, 0) is 24.2 Å². The number of thiazole rings is 1. The molecule has 6 aromatic rings. The fourth-order valence-electron chi connectivity index (χ4n) is 5.44. The highest BCUT2D eigenvalue weighted by atomic mass is 32.1. The first kappa shape index (κ1) is 28.3. The average Bonchev–Trinajstić information content (AvgIpc) is 3.59. The molecule has 3 heterocycles. The van der Waals surface area contributed by atoms with E-state index in [1.54, 1.807) is 4.40 Å². The molecule has 0 saturated carbocycles. The van der Waals surface area contributed by atoms with Gasteiger partial charge in [-0.05, 0) is 56.0 Å². The van der Waals surface area contributed by atoms with E-state index in [0.29, 0.717) is 40.7 Å². The van der Waals surface area contributed by atoms with Crippen molar-refractivity contribution in [2.24, 2.45) is 0 Å². The second kappa shape index (κ2) is 12.2. The molecule has 0 fully saturated rings. The summed E-state index contributed by atoms with van der Waals surface area (Å²) in [5.74, 6) is -0.0341. The van der Waals surface area contributed by atoms with E-state index in [2.05, 4.69) is 12.1 Å². The summed E-state index contributed by atoms with van der Waals surface area (Å²) in [6.07, 6.45) is 0.847. The van der Waals surface area contributed by atoms with Gasteiger partial charge in [-0.1, -0.05) is 78.9 Å². The third kappa shape index (κ3) is 5.92. The van der Waals surface area contributed by atoms with Gasteiger partial charge in [0.05, 0.1) is 23.4 Å². The molecule has 0 atom stereocenters. The van der Waals surface area contributed by atoms with Gasteiger partial charge in [0.1, 0.15) is 5.69 Å².